The molecule has 1 atom stereocenters. The molecular formula is C17H19N3O. The smallest absolute Gasteiger partial charge is 0.250 e. The van der Waals surface area contributed by atoms with Crippen molar-refractivity contribution in [1.29, 1.82) is 0 Å². The van der Waals surface area contributed by atoms with Gasteiger partial charge in [0, 0.05) is 12.2 Å². The second-order valence-corrected chi connectivity index (χ2v) is 5.40. The molecule has 1 heterocycles. The number of anilines is 2. The first kappa shape index (κ1) is 13.5. The molecule has 0 bridgehead atoms. The van der Waals surface area contributed by atoms with Crippen molar-refractivity contribution < 1.29 is 4.79 Å². The van der Waals surface area contributed by atoms with Gasteiger partial charge in [-0.15, -0.1) is 0 Å². The number of nitrogens with zero attached hydrogens (tertiary/aromatic N) is 1. The van der Waals surface area contributed by atoms with Gasteiger partial charge in [-0.1, -0.05) is 30.3 Å². The monoisotopic (exact) mass is 281 g/mol. The van der Waals surface area contributed by atoms with Crippen molar-refractivity contribution in [3.05, 3.63) is 59.7 Å². The fourth-order valence-corrected chi connectivity index (χ4v) is 3.07. The fourth-order valence-electron chi connectivity index (χ4n) is 3.07. The van der Waals surface area contributed by atoms with Gasteiger partial charge in [0.25, 0.3) is 5.91 Å². The highest BCUT2D eigenvalue weighted by Gasteiger charge is 2.28. The van der Waals surface area contributed by atoms with Crippen LogP contribution in [0, 0.1) is 0 Å². The molecule has 3 rings (SSSR count). The van der Waals surface area contributed by atoms with Crippen LogP contribution in [-0.2, 0) is 0 Å². The second kappa shape index (κ2) is 5.48. The molecule has 0 aromatic heterocycles. The average molecular weight is 281 g/mol. The van der Waals surface area contributed by atoms with E-state index >= 15 is 0 Å². The molecule has 0 radical (unpaired) electrons. The minimum atomic E-state index is -0.413. The molecule has 2 aromatic rings. The molecule has 0 spiro atoms. The van der Waals surface area contributed by atoms with E-state index in [2.05, 4.69) is 17.0 Å². The largest absolute Gasteiger partial charge is 0.399 e. The van der Waals surface area contributed by atoms with Gasteiger partial charge in [0.2, 0.25) is 0 Å². The van der Waals surface area contributed by atoms with Crippen molar-refractivity contribution in [3.8, 4) is 0 Å². The number of hydrogen-bond donors (Lipinski definition) is 2. The van der Waals surface area contributed by atoms with Gasteiger partial charge in [0.05, 0.1) is 17.3 Å². The van der Waals surface area contributed by atoms with E-state index in [4.69, 9.17) is 11.5 Å². The zero-order chi connectivity index (χ0) is 14.8. The Morgan fingerprint density at radius 2 is 1.90 bits per heavy atom. The van der Waals surface area contributed by atoms with Crippen molar-refractivity contribution in [2.24, 2.45) is 5.73 Å². The number of carbonyl (C=O) groups excluding carboxylic acids is 1. The molecule has 1 saturated heterocycles. The number of benzene rings is 2. The maximum atomic E-state index is 11.7. The van der Waals surface area contributed by atoms with Crippen LogP contribution in [0.15, 0.2) is 48.5 Å². The minimum absolute atomic E-state index is 0.270. The van der Waals surface area contributed by atoms with Crippen molar-refractivity contribution in [1.82, 2.24) is 0 Å². The molecule has 1 aliphatic heterocycles. The first-order valence-corrected chi connectivity index (χ1v) is 7.18. The molecule has 1 unspecified atom stereocenters. The fraction of sp³-hybridized carbons (Fsp3) is 0.235. The molecule has 1 aliphatic rings. The Kier molecular flexibility index (Phi) is 3.52. The van der Waals surface area contributed by atoms with E-state index in [1.807, 2.05) is 24.3 Å². The van der Waals surface area contributed by atoms with Crippen molar-refractivity contribution >= 4 is 17.3 Å². The molecule has 4 heteroatoms. The van der Waals surface area contributed by atoms with E-state index in [1.54, 1.807) is 12.1 Å². The van der Waals surface area contributed by atoms with Crippen LogP contribution in [0.1, 0.15) is 34.8 Å². The third kappa shape index (κ3) is 2.57. The number of nitrogen functional groups attached to an aromatic ring is 1. The van der Waals surface area contributed by atoms with Crippen LogP contribution in [0.25, 0.3) is 0 Å². The molecule has 2 aromatic carbocycles. The summed E-state index contributed by atoms with van der Waals surface area (Å²) in [5, 5.41) is 0. The van der Waals surface area contributed by atoms with Gasteiger partial charge >= 0.3 is 0 Å². The van der Waals surface area contributed by atoms with E-state index in [9.17, 15) is 4.79 Å². The lowest BCUT2D eigenvalue weighted by Gasteiger charge is -2.29. The van der Waals surface area contributed by atoms with Crippen LogP contribution in [0.4, 0.5) is 11.4 Å². The van der Waals surface area contributed by atoms with Crippen LogP contribution >= 0.6 is 0 Å². The number of carbonyl (C=O) groups is 1. The summed E-state index contributed by atoms with van der Waals surface area (Å²) in [5.74, 6) is -0.413. The summed E-state index contributed by atoms with van der Waals surface area (Å²) in [4.78, 5) is 13.9. The van der Waals surface area contributed by atoms with Crippen LogP contribution in [0.5, 0.6) is 0 Å². The van der Waals surface area contributed by atoms with Crippen molar-refractivity contribution in [2.75, 3.05) is 17.2 Å². The Bertz CT molecular complexity index is 654. The first-order chi connectivity index (χ1) is 10.2. The number of nitrogens with two attached hydrogens (primary N) is 2. The molecule has 1 amide bonds. The Hall–Kier alpha value is -2.49. The normalized spacial score (nSPS) is 17.9. The van der Waals surface area contributed by atoms with Gasteiger partial charge < -0.3 is 16.4 Å². The molecule has 0 saturated carbocycles. The van der Waals surface area contributed by atoms with Crippen molar-refractivity contribution in [2.45, 2.75) is 18.9 Å². The summed E-state index contributed by atoms with van der Waals surface area (Å²) in [6, 6.07) is 15.9. The molecule has 1 fully saturated rings. The number of primary amides is 1. The van der Waals surface area contributed by atoms with E-state index < -0.39 is 5.91 Å². The van der Waals surface area contributed by atoms with Gasteiger partial charge in [0.1, 0.15) is 0 Å². The third-order valence-electron chi connectivity index (χ3n) is 4.03. The van der Waals surface area contributed by atoms with Crippen LogP contribution in [-0.4, -0.2) is 12.5 Å². The zero-order valence-electron chi connectivity index (χ0n) is 11.8. The number of rotatable bonds is 3. The average Bonchev–Trinajstić information content (AvgIpc) is 2.97. The van der Waals surface area contributed by atoms with E-state index in [0.717, 1.165) is 25.1 Å². The highest BCUT2D eigenvalue weighted by Crippen LogP contribution is 2.38. The van der Waals surface area contributed by atoms with Gasteiger partial charge in [-0.2, -0.15) is 0 Å². The maximum absolute atomic E-state index is 11.7. The lowest BCUT2D eigenvalue weighted by molar-refractivity contribution is 0.100. The Balaban J connectivity index is 2.03. The number of hydrogen-bond acceptors (Lipinski definition) is 3. The van der Waals surface area contributed by atoms with E-state index in [1.165, 1.54) is 5.56 Å². The topological polar surface area (TPSA) is 72.3 Å². The minimum Gasteiger partial charge on any atom is -0.399 e. The molecule has 4 N–H and O–H groups in total. The van der Waals surface area contributed by atoms with Gasteiger partial charge in [0.15, 0.2) is 0 Å². The molecule has 0 aliphatic carbocycles. The SMILES string of the molecule is NC(=O)c1ccc(N)cc1N1CCCC1c1ccccc1. The third-order valence-corrected chi connectivity index (χ3v) is 4.03. The zero-order valence-corrected chi connectivity index (χ0v) is 11.8. The Morgan fingerprint density at radius 1 is 1.14 bits per heavy atom. The van der Waals surface area contributed by atoms with E-state index in [0.29, 0.717) is 11.3 Å². The van der Waals surface area contributed by atoms with Crippen LogP contribution in [0.3, 0.4) is 0 Å². The molecule has 21 heavy (non-hydrogen) atoms. The van der Waals surface area contributed by atoms with E-state index in [-0.39, 0.29) is 6.04 Å². The predicted octanol–water partition coefficient (Wildman–Crippen LogP) is 2.71. The molecule has 108 valence electrons. The second-order valence-electron chi connectivity index (χ2n) is 5.40. The Labute approximate surface area is 124 Å². The summed E-state index contributed by atoms with van der Waals surface area (Å²) < 4.78 is 0. The summed E-state index contributed by atoms with van der Waals surface area (Å²) in [5.41, 5.74) is 14.7. The Morgan fingerprint density at radius 3 is 2.62 bits per heavy atom. The lowest BCUT2D eigenvalue weighted by Crippen LogP contribution is -2.26. The summed E-state index contributed by atoms with van der Waals surface area (Å²) in [6.45, 7) is 0.906. The molecular weight excluding hydrogens is 262 g/mol. The summed E-state index contributed by atoms with van der Waals surface area (Å²) in [6.07, 6.45) is 2.16. The van der Waals surface area contributed by atoms with Crippen molar-refractivity contribution in [3.63, 3.8) is 0 Å². The lowest BCUT2D eigenvalue weighted by atomic mass is 10.0. The quantitative estimate of drug-likeness (QED) is 0.850. The summed E-state index contributed by atoms with van der Waals surface area (Å²) in [7, 11) is 0. The van der Waals surface area contributed by atoms with Crippen LogP contribution < -0.4 is 16.4 Å². The number of amides is 1. The predicted molar refractivity (Wildman–Crippen MR) is 85.1 cm³/mol. The first-order valence-electron chi connectivity index (χ1n) is 7.18. The molecule has 4 nitrogen and oxygen atoms in total. The van der Waals surface area contributed by atoms with Gasteiger partial charge in [-0.05, 0) is 36.6 Å². The van der Waals surface area contributed by atoms with Gasteiger partial charge in [-0.3, -0.25) is 4.79 Å². The summed E-state index contributed by atoms with van der Waals surface area (Å²) >= 11 is 0. The highest BCUT2D eigenvalue weighted by atomic mass is 16.1. The standard InChI is InChI=1S/C17H19N3O/c18-13-8-9-14(17(19)21)16(11-13)20-10-4-7-15(20)12-5-2-1-3-6-12/h1-3,5-6,8-9,11,15H,4,7,10,18H2,(H2,19,21). The highest BCUT2D eigenvalue weighted by molar-refractivity contribution is 5.99. The maximum Gasteiger partial charge on any atom is 0.250 e. The van der Waals surface area contributed by atoms with Gasteiger partial charge in [-0.25, -0.2) is 0 Å². The van der Waals surface area contributed by atoms with Crippen LogP contribution in [0.2, 0.25) is 0 Å².